The summed E-state index contributed by atoms with van der Waals surface area (Å²) in [6, 6.07) is 10.6. The molecule has 4 heteroatoms. The Labute approximate surface area is 127 Å². The summed E-state index contributed by atoms with van der Waals surface area (Å²) in [4.78, 5) is 0. The second kappa shape index (κ2) is 4.59. The van der Waals surface area contributed by atoms with Crippen LogP contribution in [0.2, 0.25) is 0 Å². The maximum atomic E-state index is 9.26. The molecule has 3 rings (SSSR count). The van der Waals surface area contributed by atoms with E-state index < -0.39 is 0 Å². The van der Waals surface area contributed by atoms with Crippen LogP contribution in [0.3, 0.4) is 0 Å². The molecule has 3 nitrogen and oxygen atoms in total. The van der Waals surface area contributed by atoms with E-state index in [4.69, 9.17) is 9.31 Å². The van der Waals surface area contributed by atoms with E-state index >= 15 is 0 Å². The van der Waals surface area contributed by atoms with E-state index in [1.54, 1.807) is 0 Å². The molecule has 1 aliphatic heterocycles. The zero-order valence-corrected chi connectivity index (χ0v) is 13.3. The van der Waals surface area contributed by atoms with E-state index in [1.165, 1.54) is 0 Å². The molecule has 1 aliphatic carbocycles. The van der Waals surface area contributed by atoms with Crippen LogP contribution in [-0.2, 0) is 14.7 Å². The van der Waals surface area contributed by atoms with Gasteiger partial charge in [-0.05, 0) is 51.1 Å². The third-order valence-corrected chi connectivity index (χ3v) is 5.42. The number of nitriles is 1. The Balaban J connectivity index is 1.82. The summed E-state index contributed by atoms with van der Waals surface area (Å²) in [5.74, 6) is 0. The first-order chi connectivity index (χ1) is 9.86. The molecule has 1 aromatic rings. The zero-order valence-electron chi connectivity index (χ0n) is 13.3. The van der Waals surface area contributed by atoms with Crippen molar-refractivity contribution < 1.29 is 9.31 Å². The Hall–Kier alpha value is -1.31. The molecule has 110 valence electrons. The van der Waals surface area contributed by atoms with Crippen LogP contribution in [0, 0.1) is 11.3 Å². The average Bonchev–Trinajstić information content (AvgIpc) is 3.23. The van der Waals surface area contributed by atoms with Crippen molar-refractivity contribution in [3.8, 4) is 6.07 Å². The summed E-state index contributed by atoms with van der Waals surface area (Å²) in [5, 5.41) is 9.26. The highest BCUT2D eigenvalue weighted by atomic mass is 16.7. The molecule has 1 heterocycles. The fourth-order valence-electron chi connectivity index (χ4n) is 2.99. The summed E-state index contributed by atoms with van der Waals surface area (Å²) in [6.07, 6.45) is 2.85. The lowest BCUT2D eigenvalue weighted by Gasteiger charge is -2.35. The Morgan fingerprint density at radius 2 is 1.76 bits per heavy atom. The van der Waals surface area contributed by atoms with Gasteiger partial charge < -0.3 is 9.31 Å². The molecular formula is C17H22BNO2. The molecular weight excluding hydrogens is 261 g/mol. The van der Waals surface area contributed by atoms with Crippen molar-refractivity contribution >= 4 is 12.6 Å². The van der Waals surface area contributed by atoms with Crippen molar-refractivity contribution in [2.45, 2.75) is 63.6 Å². The lowest BCUT2D eigenvalue weighted by atomic mass is 9.78. The van der Waals surface area contributed by atoms with Crippen molar-refractivity contribution in [3.63, 3.8) is 0 Å². The lowest BCUT2D eigenvalue weighted by molar-refractivity contribution is -0.0118. The molecule has 1 unspecified atom stereocenters. The second-order valence-corrected chi connectivity index (χ2v) is 6.98. The van der Waals surface area contributed by atoms with E-state index in [0.29, 0.717) is 0 Å². The highest BCUT2D eigenvalue weighted by Gasteiger charge is 2.53. The minimum Gasteiger partial charge on any atom is -0.399 e. The Morgan fingerprint density at radius 1 is 1.14 bits per heavy atom. The molecule has 21 heavy (non-hydrogen) atoms. The SMILES string of the molecule is CCC1(C)OB(c2ccc(C3(C#N)CC3)cc2)OC1(C)C. The third kappa shape index (κ3) is 2.20. The van der Waals surface area contributed by atoms with E-state index in [0.717, 1.165) is 30.3 Å². The van der Waals surface area contributed by atoms with Crippen LogP contribution in [0.5, 0.6) is 0 Å². The molecule has 0 bridgehead atoms. The highest BCUT2D eigenvalue weighted by Crippen LogP contribution is 2.47. The van der Waals surface area contributed by atoms with Gasteiger partial charge in [0, 0.05) is 0 Å². The molecule has 1 aromatic carbocycles. The quantitative estimate of drug-likeness (QED) is 0.801. The Morgan fingerprint density at radius 3 is 2.19 bits per heavy atom. The molecule has 2 aliphatic rings. The predicted octanol–water partition coefficient (Wildman–Crippen LogP) is 2.93. The molecule has 0 spiro atoms. The average molecular weight is 283 g/mol. The molecule has 0 radical (unpaired) electrons. The van der Waals surface area contributed by atoms with E-state index in [2.05, 4.69) is 33.8 Å². The number of hydrogen-bond donors (Lipinski definition) is 0. The number of benzene rings is 1. The maximum Gasteiger partial charge on any atom is 0.494 e. The van der Waals surface area contributed by atoms with Crippen LogP contribution in [0.4, 0.5) is 0 Å². The standard InChI is InChI=1S/C17H22BNO2/c1-5-16(4)15(2,3)20-18(21-16)14-8-6-13(7-9-14)17(12-19)10-11-17/h6-9H,5,10-11H2,1-4H3. The van der Waals surface area contributed by atoms with E-state index in [9.17, 15) is 5.26 Å². The molecule has 1 atom stereocenters. The van der Waals surface area contributed by atoms with Gasteiger partial charge >= 0.3 is 7.12 Å². The van der Waals surface area contributed by atoms with Crippen LogP contribution in [0.25, 0.3) is 0 Å². The number of nitrogens with zero attached hydrogens (tertiary/aromatic N) is 1. The largest absolute Gasteiger partial charge is 0.494 e. The van der Waals surface area contributed by atoms with Gasteiger partial charge in [-0.3, -0.25) is 0 Å². The first kappa shape index (κ1) is 14.6. The fraction of sp³-hybridized carbons (Fsp3) is 0.588. The van der Waals surface area contributed by atoms with Crippen molar-refractivity contribution in [3.05, 3.63) is 29.8 Å². The van der Waals surface area contributed by atoms with Crippen molar-refractivity contribution in [1.82, 2.24) is 0 Å². The van der Waals surface area contributed by atoms with Crippen LogP contribution in [0.15, 0.2) is 24.3 Å². The van der Waals surface area contributed by atoms with Crippen molar-refractivity contribution in [2.75, 3.05) is 0 Å². The molecule has 2 fully saturated rings. The third-order valence-electron chi connectivity index (χ3n) is 5.42. The monoisotopic (exact) mass is 283 g/mol. The van der Waals surface area contributed by atoms with Crippen LogP contribution >= 0.6 is 0 Å². The molecule has 0 amide bonds. The van der Waals surface area contributed by atoms with E-state index in [-0.39, 0.29) is 23.7 Å². The van der Waals surface area contributed by atoms with Crippen LogP contribution in [0.1, 0.15) is 52.5 Å². The van der Waals surface area contributed by atoms with Gasteiger partial charge in [0.1, 0.15) is 0 Å². The van der Waals surface area contributed by atoms with Gasteiger partial charge in [-0.1, -0.05) is 31.2 Å². The summed E-state index contributed by atoms with van der Waals surface area (Å²) >= 11 is 0. The van der Waals surface area contributed by atoms with Gasteiger partial charge in [0.2, 0.25) is 0 Å². The normalized spacial score (nSPS) is 29.2. The minimum absolute atomic E-state index is 0.229. The first-order valence-electron chi connectivity index (χ1n) is 7.73. The molecule has 1 saturated heterocycles. The van der Waals surface area contributed by atoms with Crippen molar-refractivity contribution in [1.29, 1.82) is 5.26 Å². The van der Waals surface area contributed by atoms with Gasteiger partial charge in [-0.25, -0.2) is 0 Å². The second-order valence-electron chi connectivity index (χ2n) is 6.98. The summed E-state index contributed by atoms with van der Waals surface area (Å²) in [7, 11) is -0.323. The topological polar surface area (TPSA) is 42.2 Å². The fourth-order valence-corrected chi connectivity index (χ4v) is 2.99. The minimum atomic E-state index is -0.323. The van der Waals surface area contributed by atoms with Gasteiger partial charge in [0.15, 0.2) is 0 Å². The van der Waals surface area contributed by atoms with Crippen LogP contribution in [-0.4, -0.2) is 18.3 Å². The van der Waals surface area contributed by atoms with Crippen LogP contribution < -0.4 is 5.46 Å². The molecule has 1 saturated carbocycles. The zero-order chi connectivity index (χ0) is 15.3. The van der Waals surface area contributed by atoms with Crippen molar-refractivity contribution in [2.24, 2.45) is 0 Å². The summed E-state index contributed by atoms with van der Waals surface area (Å²) < 4.78 is 12.3. The van der Waals surface area contributed by atoms with E-state index in [1.807, 2.05) is 24.3 Å². The molecule has 0 aromatic heterocycles. The summed E-state index contributed by atoms with van der Waals surface area (Å²) in [5.41, 5.74) is 1.32. The smallest absolute Gasteiger partial charge is 0.399 e. The number of rotatable bonds is 3. The first-order valence-corrected chi connectivity index (χ1v) is 7.73. The molecule has 0 N–H and O–H groups in total. The maximum absolute atomic E-state index is 9.26. The van der Waals surface area contributed by atoms with Gasteiger partial charge in [-0.15, -0.1) is 0 Å². The Kier molecular flexibility index (Phi) is 3.20. The Bertz CT molecular complexity index is 586. The van der Waals surface area contributed by atoms with Gasteiger partial charge in [-0.2, -0.15) is 5.26 Å². The summed E-state index contributed by atoms with van der Waals surface area (Å²) in [6.45, 7) is 8.40. The lowest BCUT2D eigenvalue weighted by Crippen LogP contribution is -2.44. The van der Waals surface area contributed by atoms with Gasteiger partial charge in [0.05, 0.1) is 22.7 Å². The highest BCUT2D eigenvalue weighted by molar-refractivity contribution is 6.62. The predicted molar refractivity (Wildman–Crippen MR) is 83.3 cm³/mol. The number of hydrogen-bond acceptors (Lipinski definition) is 3. The van der Waals surface area contributed by atoms with Gasteiger partial charge in [0.25, 0.3) is 0 Å².